The molecular formula is C23H34ClN3O. The van der Waals surface area contributed by atoms with Crippen LogP contribution in [0.2, 0.25) is 5.02 Å². The highest BCUT2D eigenvalue weighted by Crippen LogP contribution is 2.42. The summed E-state index contributed by atoms with van der Waals surface area (Å²) in [6.45, 7) is 5.98. The second kappa shape index (κ2) is 9.04. The summed E-state index contributed by atoms with van der Waals surface area (Å²) in [5.41, 5.74) is 2.29. The van der Waals surface area contributed by atoms with E-state index in [0.29, 0.717) is 6.04 Å². The number of hydrogen-bond acceptors (Lipinski definition) is 3. The summed E-state index contributed by atoms with van der Waals surface area (Å²) in [6.07, 6.45) is 10.3. The Bertz CT molecular complexity index is 666. The van der Waals surface area contributed by atoms with Crippen LogP contribution in [0.5, 0.6) is 0 Å². The van der Waals surface area contributed by atoms with Crippen LogP contribution in [-0.2, 0) is 4.79 Å². The van der Waals surface area contributed by atoms with E-state index in [4.69, 9.17) is 11.6 Å². The second-order valence-corrected chi connectivity index (χ2v) is 9.47. The van der Waals surface area contributed by atoms with Crippen molar-refractivity contribution in [3.63, 3.8) is 0 Å². The van der Waals surface area contributed by atoms with E-state index in [1.807, 2.05) is 11.8 Å². The molecule has 3 aliphatic rings. The van der Waals surface area contributed by atoms with Crippen molar-refractivity contribution in [2.75, 3.05) is 31.5 Å². The Kier molecular flexibility index (Phi) is 6.47. The first-order valence-electron chi connectivity index (χ1n) is 11.1. The van der Waals surface area contributed by atoms with Gasteiger partial charge in [0.15, 0.2) is 0 Å². The first-order chi connectivity index (χ1) is 13.6. The number of nitrogens with zero attached hydrogens (tertiary/aromatic N) is 2. The number of rotatable bonds is 5. The number of carbonyl (C=O) groups excluding carboxylic acids is 1. The minimum absolute atomic E-state index is 0.575. The van der Waals surface area contributed by atoms with Gasteiger partial charge in [-0.25, -0.2) is 0 Å². The van der Waals surface area contributed by atoms with E-state index in [1.54, 1.807) is 0 Å². The molecule has 1 saturated heterocycles. The Morgan fingerprint density at radius 1 is 1.04 bits per heavy atom. The third-order valence-electron chi connectivity index (χ3n) is 7.42. The summed E-state index contributed by atoms with van der Waals surface area (Å²) in [5.74, 6) is 1.73. The van der Waals surface area contributed by atoms with Crippen molar-refractivity contribution >= 4 is 23.7 Å². The van der Waals surface area contributed by atoms with E-state index < -0.39 is 0 Å². The summed E-state index contributed by atoms with van der Waals surface area (Å²) < 4.78 is 0. The Morgan fingerprint density at radius 3 is 2.46 bits per heavy atom. The Labute approximate surface area is 174 Å². The number of benzene rings is 1. The molecular weight excluding hydrogens is 370 g/mol. The zero-order valence-electron chi connectivity index (χ0n) is 17.1. The summed E-state index contributed by atoms with van der Waals surface area (Å²) in [4.78, 5) is 15.6. The van der Waals surface area contributed by atoms with Crippen LogP contribution in [0.15, 0.2) is 18.2 Å². The van der Waals surface area contributed by atoms with Crippen LogP contribution in [0.1, 0.15) is 50.5 Å². The lowest BCUT2D eigenvalue weighted by molar-refractivity contribution is -0.120. The van der Waals surface area contributed by atoms with Crippen molar-refractivity contribution in [3.8, 4) is 0 Å². The molecule has 5 heteroatoms. The molecule has 1 aliphatic heterocycles. The van der Waals surface area contributed by atoms with Gasteiger partial charge in [0.2, 0.25) is 6.41 Å². The highest BCUT2D eigenvalue weighted by Gasteiger charge is 2.39. The molecule has 2 saturated carbocycles. The minimum Gasteiger partial charge on any atom is -0.382 e. The zero-order chi connectivity index (χ0) is 19.5. The van der Waals surface area contributed by atoms with Crippen molar-refractivity contribution in [2.45, 2.75) is 64.0 Å². The fourth-order valence-corrected chi connectivity index (χ4v) is 5.94. The third-order valence-corrected chi connectivity index (χ3v) is 7.83. The van der Waals surface area contributed by atoms with Gasteiger partial charge in [0.25, 0.3) is 0 Å². The topological polar surface area (TPSA) is 35.6 Å². The number of halogens is 1. The van der Waals surface area contributed by atoms with Gasteiger partial charge in [-0.2, -0.15) is 0 Å². The van der Waals surface area contributed by atoms with Crippen molar-refractivity contribution in [2.24, 2.45) is 11.8 Å². The third kappa shape index (κ3) is 4.49. The molecule has 4 rings (SSSR count). The molecule has 0 spiro atoms. The molecule has 1 amide bonds. The smallest absolute Gasteiger partial charge is 0.209 e. The van der Waals surface area contributed by atoms with Gasteiger partial charge in [0.1, 0.15) is 0 Å². The molecule has 154 valence electrons. The average molecular weight is 404 g/mol. The van der Waals surface area contributed by atoms with Gasteiger partial charge in [-0.1, -0.05) is 24.1 Å². The summed E-state index contributed by atoms with van der Waals surface area (Å²) in [5, 5.41) is 4.56. The highest BCUT2D eigenvalue weighted by molar-refractivity contribution is 6.31. The lowest BCUT2D eigenvalue weighted by Gasteiger charge is -2.42. The predicted molar refractivity (Wildman–Crippen MR) is 116 cm³/mol. The predicted octanol–water partition coefficient (Wildman–Crippen LogP) is 4.56. The van der Waals surface area contributed by atoms with Crippen LogP contribution >= 0.6 is 11.6 Å². The van der Waals surface area contributed by atoms with Gasteiger partial charge in [-0.3, -0.25) is 9.69 Å². The average Bonchev–Trinajstić information content (AvgIpc) is 3.21. The SMILES string of the molecule is Cc1ccc(NC2CCC(C3CCCC3N3CCN(C=O)CC3)CC2)cc1Cl. The van der Waals surface area contributed by atoms with Gasteiger partial charge in [-0.15, -0.1) is 0 Å². The van der Waals surface area contributed by atoms with Crippen LogP contribution in [0.3, 0.4) is 0 Å². The summed E-state index contributed by atoms with van der Waals surface area (Å²) >= 11 is 6.28. The highest BCUT2D eigenvalue weighted by atomic mass is 35.5. The van der Waals surface area contributed by atoms with Crippen molar-refractivity contribution in [1.29, 1.82) is 0 Å². The second-order valence-electron chi connectivity index (χ2n) is 9.06. The van der Waals surface area contributed by atoms with Gasteiger partial charge in [0, 0.05) is 49.0 Å². The van der Waals surface area contributed by atoms with Gasteiger partial charge in [0.05, 0.1) is 0 Å². The first-order valence-corrected chi connectivity index (χ1v) is 11.5. The van der Waals surface area contributed by atoms with Crippen molar-refractivity contribution < 1.29 is 4.79 Å². The number of anilines is 1. The molecule has 1 aromatic carbocycles. The van der Waals surface area contributed by atoms with Crippen molar-refractivity contribution in [3.05, 3.63) is 28.8 Å². The fourth-order valence-electron chi connectivity index (χ4n) is 5.76. The van der Waals surface area contributed by atoms with Crippen LogP contribution < -0.4 is 5.32 Å². The maximum atomic E-state index is 11.0. The molecule has 2 atom stereocenters. The Hall–Kier alpha value is -1.26. The van der Waals surface area contributed by atoms with Crippen LogP contribution in [0.4, 0.5) is 5.69 Å². The van der Waals surface area contributed by atoms with E-state index in [0.717, 1.165) is 66.7 Å². The number of nitrogens with one attached hydrogen (secondary N) is 1. The Morgan fingerprint density at radius 2 is 1.79 bits per heavy atom. The quantitative estimate of drug-likeness (QED) is 0.732. The molecule has 1 aromatic rings. The van der Waals surface area contributed by atoms with E-state index in [9.17, 15) is 4.79 Å². The maximum absolute atomic E-state index is 11.0. The van der Waals surface area contributed by atoms with Crippen molar-refractivity contribution in [1.82, 2.24) is 9.80 Å². The maximum Gasteiger partial charge on any atom is 0.209 e. The number of piperazine rings is 1. The number of hydrogen-bond donors (Lipinski definition) is 1. The van der Waals surface area contributed by atoms with Gasteiger partial charge >= 0.3 is 0 Å². The lowest BCUT2D eigenvalue weighted by Crippen LogP contribution is -2.51. The number of aryl methyl sites for hydroxylation is 1. The van der Waals surface area contributed by atoms with E-state index in [-0.39, 0.29) is 0 Å². The van der Waals surface area contributed by atoms with E-state index in [1.165, 1.54) is 44.9 Å². The zero-order valence-corrected chi connectivity index (χ0v) is 17.8. The van der Waals surface area contributed by atoms with E-state index >= 15 is 0 Å². The molecule has 0 aromatic heterocycles. The molecule has 2 unspecified atom stereocenters. The normalized spacial score (nSPS) is 31.7. The number of amides is 1. The van der Waals surface area contributed by atoms with Crippen LogP contribution in [0, 0.1) is 18.8 Å². The van der Waals surface area contributed by atoms with Gasteiger partial charge < -0.3 is 10.2 Å². The summed E-state index contributed by atoms with van der Waals surface area (Å²) in [7, 11) is 0. The number of carbonyl (C=O) groups is 1. The largest absolute Gasteiger partial charge is 0.382 e. The molecule has 0 radical (unpaired) electrons. The van der Waals surface area contributed by atoms with Crippen LogP contribution in [0.25, 0.3) is 0 Å². The molecule has 1 heterocycles. The standard InChI is InChI=1S/C23H34ClN3O/c1-17-5-8-20(15-22(17)24)25-19-9-6-18(7-10-19)21-3-2-4-23(21)27-13-11-26(16-28)12-14-27/h5,8,15-16,18-19,21,23,25H,2-4,6-7,9-14H2,1H3. The van der Waals surface area contributed by atoms with Gasteiger partial charge in [-0.05, 0) is 75.0 Å². The first kappa shape index (κ1) is 20.0. The molecule has 3 fully saturated rings. The Balaban J connectivity index is 1.29. The van der Waals surface area contributed by atoms with Crippen LogP contribution in [-0.4, -0.2) is 54.5 Å². The van der Waals surface area contributed by atoms with E-state index in [2.05, 4.69) is 28.4 Å². The molecule has 2 aliphatic carbocycles. The fraction of sp³-hybridized carbons (Fsp3) is 0.696. The minimum atomic E-state index is 0.575. The molecule has 0 bridgehead atoms. The molecule has 28 heavy (non-hydrogen) atoms. The molecule has 4 nitrogen and oxygen atoms in total. The monoisotopic (exact) mass is 403 g/mol. The lowest BCUT2D eigenvalue weighted by atomic mass is 9.75. The molecule has 1 N–H and O–H groups in total. The summed E-state index contributed by atoms with van der Waals surface area (Å²) in [6, 6.07) is 7.64.